The number of hydrogen-bond acceptors (Lipinski definition) is 7. The van der Waals surface area contributed by atoms with Crippen LogP contribution in [0.1, 0.15) is 55.8 Å². The maximum absolute atomic E-state index is 12.6. The summed E-state index contributed by atoms with van der Waals surface area (Å²) < 4.78 is 11.7. The molecule has 0 unspecified atom stereocenters. The minimum absolute atomic E-state index is 0.0921. The van der Waals surface area contributed by atoms with Gasteiger partial charge in [0.05, 0.1) is 5.39 Å². The van der Waals surface area contributed by atoms with Gasteiger partial charge in [-0.3, -0.25) is 4.79 Å². The van der Waals surface area contributed by atoms with Crippen molar-refractivity contribution in [2.75, 3.05) is 0 Å². The summed E-state index contributed by atoms with van der Waals surface area (Å²) in [6.07, 6.45) is 0. The average Bonchev–Trinajstić information content (AvgIpc) is 3.11. The number of rotatable bonds is 6. The van der Waals surface area contributed by atoms with E-state index in [0.29, 0.717) is 23.1 Å². The largest absolute Gasteiger partial charge is 0.451 e. The van der Waals surface area contributed by atoms with E-state index >= 15 is 0 Å². The second-order valence-electron chi connectivity index (χ2n) is 7.05. The molecule has 142 valence electrons. The summed E-state index contributed by atoms with van der Waals surface area (Å²) in [5, 5.41) is 8.98. The van der Waals surface area contributed by atoms with Gasteiger partial charge in [0.2, 0.25) is 0 Å². The Bertz CT molecular complexity index is 1020. The number of fused-ring (bicyclic) bond motifs is 1. The first-order valence-corrected chi connectivity index (χ1v) is 8.86. The lowest BCUT2D eigenvalue weighted by atomic mass is 10.1. The molecule has 2 aromatic heterocycles. The number of carbonyl (C=O) groups excluding carboxylic acids is 1. The topological polar surface area (TPSA) is 100 Å². The van der Waals surface area contributed by atoms with Gasteiger partial charge in [-0.1, -0.05) is 51.1 Å². The summed E-state index contributed by atoms with van der Waals surface area (Å²) in [5.41, 5.74) is -0.135. The van der Waals surface area contributed by atoms with Gasteiger partial charge in [-0.2, -0.15) is 10.1 Å². The third kappa shape index (κ3) is 4.05. The number of aromatic nitrogens is 4. The van der Waals surface area contributed by atoms with E-state index in [-0.39, 0.29) is 35.6 Å². The van der Waals surface area contributed by atoms with Crippen molar-refractivity contribution in [2.45, 2.75) is 46.8 Å². The average molecular weight is 370 g/mol. The Kier molecular flexibility index (Phi) is 5.34. The van der Waals surface area contributed by atoms with Crippen molar-refractivity contribution in [2.24, 2.45) is 5.92 Å². The molecule has 0 spiro atoms. The molecular formula is C19H22N4O4. The van der Waals surface area contributed by atoms with Gasteiger partial charge in [0.25, 0.3) is 11.4 Å². The molecule has 0 aliphatic rings. The fourth-order valence-electron chi connectivity index (χ4n) is 2.61. The Balaban J connectivity index is 1.90. The van der Waals surface area contributed by atoms with Crippen LogP contribution in [-0.2, 0) is 17.9 Å². The number of ether oxygens (including phenoxy) is 1. The zero-order valence-electron chi connectivity index (χ0n) is 15.8. The molecular weight excluding hydrogens is 348 g/mol. The molecule has 0 atom stereocenters. The van der Waals surface area contributed by atoms with Gasteiger partial charge in [-0.15, -0.1) is 0 Å². The normalized spacial score (nSPS) is 11.5. The van der Waals surface area contributed by atoms with Crippen molar-refractivity contribution in [1.29, 1.82) is 0 Å². The molecule has 0 amide bonds. The van der Waals surface area contributed by atoms with Crippen molar-refractivity contribution in [3.8, 4) is 0 Å². The van der Waals surface area contributed by atoms with Crippen LogP contribution < -0.4 is 5.56 Å². The monoisotopic (exact) mass is 370 g/mol. The molecule has 0 radical (unpaired) electrons. The van der Waals surface area contributed by atoms with Crippen LogP contribution in [0.15, 0.2) is 33.6 Å². The van der Waals surface area contributed by atoms with Crippen LogP contribution in [0.25, 0.3) is 10.8 Å². The zero-order valence-corrected chi connectivity index (χ0v) is 15.8. The van der Waals surface area contributed by atoms with Gasteiger partial charge in [-0.05, 0) is 12.0 Å². The molecule has 0 N–H and O–H groups in total. The lowest BCUT2D eigenvalue weighted by Crippen LogP contribution is -2.28. The Morgan fingerprint density at radius 1 is 1.19 bits per heavy atom. The summed E-state index contributed by atoms with van der Waals surface area (Å²) in [6.45, 7) is 8.08. The highest BCUT2D eigenvalue weighted by atomic mass is 16.6. The summed E-state index contributed by atoms with van der Waals surface area (Å²) in [7, 11) is 0. The standard InChI is InChI=1S/C19H22N4O4/c1-11(2)9-23-18(24)14-8-6-5-7-13(14)16(21-23)19(25)26-10-15-20-17(12(3)4)22-27-15/h5-8,11-12H,9-10H2,1-4H3. The predicted molar refractivity (Wildman–Crippen MR) is 98.3 cm³/mol. The molecule has 1 aromatic carbocycles. The number of esters is 1. The lowest BCUT2D eigenvalue weighted by molar-refractivity contribution is 0.0422. The molecule has 8 nitrogen and oxygen atoms in total. The van der Waals surface area contributed by atoms with Gasteiger partial charge >= 0.3 is 5.97 Å². The Labute approximate surface area is 156 Å². The summed E-state index contributed by atoms with van der Waals surface area (Å²) in [4.78, 5) is 29.4. The van der Waals surface area contributed by atoms with E-state index in [1.165, 1.54) is 4.68 Å². The molecule has 0 bridgehead atoms. The fourth-order valence-corrected chi connectivity index (χ4v) is 2.61. The quantitative estimate of drug-likeness (QED) is 0.615. The van der Waals surface area contributed by atoms with Crippen LogP contribution in [0.5, 0.6) is 0 Å². The maximum Gasteiger partial charge on any atom is 0.359 e. The van der Waals surface area contributed by atoms with Crippen LogP contribution in [0.4, 0.5) is 0 Å². The van der Waals surface area contributed by atoms with Crippen LogP contribution in [0.3, 0.4) is 0 Å². The SMILES string of the molecule is CC(C)Cn1nc(C(=O)OCc2nc(C(C)C)no2)c2ccccc2c1=O. The molecule has 0 fully saturated rings. The Morgan fingerprint density at radius 2 is 1.89 bits per heavy atom. The molecule has 0 saturated carbocycles. The van der Waals surface area contributed by atoms with Crippen molar-refractivity contribution < 1.29 is 14.1 Å². The van der Waals surface area contributed by atoms with Gasteiger partial charge in [0.1, 0.15) is 0 Å². The first-order chi connectivity index (χ1) is 12.9. The first kappa shape index (κ1) is 18.8. The number of carbonyl (C=O) groups is 1. The number of benzene rings is 1. The Hall–Kier alpha value is -3.03. The number of hydrogen-bond donors (Lipinski definition) is 0. The highest BCUT2D eigenvalue weighted by Gasteiger charge is 2.19. The number of nitrogens with zero attached hydrogens (tertiary/aromatic N) is 4. The van der Waals surface area contributed by atoms with E-state index in [9.17, 15) is 9.59 Å². The maximum atomic E-state index is 12.6. The molecule has 2 heterocycles. The van der Waals surface area contributed by atoms with Gasteiger partial charge < -0.3 is 9.26 Å². The van der Waals surface area contributed by atoms with Gasteiger partial charge in [-0.25, -0.2) is 9.48 Å². The van der Waals surface area contributed by atoms with E-state index in [2.05, 4.69) is 15.2 Å². The third-order valence-corrected chi connectivity index (χ3v) is 3.93. The molecule has 0 aliphatic heterocycles. The van der Waals surface area contributed by atoms with Crippen LogP contribution in [-0.4, -0.2) is 25.9 Å². The summed E-state index contributed by atoms with van der Waals surface area (Å²) in [6, 6.07) is 6.87. The molecule has 27 heavy (non-hydrogen) atoms. The van der Waals surface area contributed by atoms with E-state index in [1.54, 1.807) is 24.3 Å². The second kappa shape index (κ2) is 7.69. The smallest absolute Gasteiger partial charge is 0.359 e. The zero-order chi connectivity index (χ0) is 19.6. The van der Waals surface area contributed by atoms with Crippen LogP contribution >= 0.6 is 0 Å². The summed E-state index contributed by atoms with van der Waals surface area (Å²) in [5.74, 6) is 0.437. The van der Waals surface area contributed by atoms with E-state index in [0.717, 1.165) is 0 Å². The van der Waals surface area contributed by atoms with Crippen molar-refractivity contribution in [3.05, 3.63) is 52.0 Å². The lowest BCUT2D eigenvalue weighted by Gasteiger charge is -2.11. The molecule has 3 rings (SSSR count). The second-order valence-corrected chi connectivity index (χ2v) is 7.05. The predicted octanol–water partition coefficient (Wildman–Crippen LogP) is 2.92. The fraction of sp³-hybridized carbons (Fsp3) is 0.421. The minimum Gasteiger partial charge on any atom is -0.451 e. The van der Waals surface area contributed by atoms with Gasteiger partial charge in [0, 0.05) is 17.8 Å². The van der Waals surface area contributed by atoms with E-state index in [1.807, 2.05) is 27.7 Å². The minimum atomic E-state index is -0.645. The molecule has 0 saturated heterocycles. The Morgan fingerprint density at radius 3 is 2.52 bits per heavy atom. The highest BCUT2D eigenvalue weighted by molar-refractivity contribution is 6.02. The summed E-state index contributed by atoms with van der Waals surface area (Å²) >= 11 is 0. The third-order valence-electron chi connectivity index (χ3n) is 3.93. The molecule has 3 aromatic rings. The van der Waals surface area contributed by atoms with Crippen molar-refractivity contribution in [3.63, 3.8) is 0 Å². The van der Waals surface area contributed by atoms with Crippen LogP contribution in [0.2, 0.25) is 0 Å². The highest BCUT2D eigenvalue weighted by Crippen LogP contribution is 2.16. The molecule has 0 aliphatic carbocycles. The van der Waals surface area contributed by atoms with Crippen LogP contribution in [0, 0.1) is 5.92 Å². The van der Waals surface area contributed by atoms with E-state index < -0.39 is 5.97 Å². The van der Waals surface area contributed by atoms with Crippen molar-refractivity contribution in [1.82, 2.24) is 19.9 Å². The molecule has 8 heteroatoms. The van der Waals surface area contributed by atoms with E-state index in [4.69, 9.17) is 9.26 Å². The van der Waals surface area contributed by atoms with Gasteiger partial charge in [0.15, 0.2) is 18.1 Å². The first-order valence-electron chi connectivity index (χ1n) is 8.86. The van der Waals surface area contributed by atoms with Crippen molar-refractivity contribution >= 4 is 16.7 Å².